The van der Waals surface area contributed by atoms with E-state index >= 15 is 0 Å². The zero-order valence-electron chi connectivity index (χ0n) is 11.9. The molecule has 0 fully saturated rings. The molecule has 0 aliphatic carbocycles. The lowest BCUT2D eigenvalue weighted by molar-refractivity contribution is 0.436. The van der Waals surface area contributed by atoms with Gasteiger partial charge in [0.05, 0.1) is 11.1 Å². The number of nitrogens with two attached hydrogens (primary N) is 1. The predicted octanol–water partition coefficient (Wildman–Crippen LogP) is 3.50. The maximum absolute atomic E-state index is 5.96. The van der Waals surface area contributed by atoms with Crippen LogP contribution in [0.25, 0.3) is 22.5 Å². The fourth-order valence-electron chi connectivity index (χ4n) is 2.23. The number of nitrogens with zero attached hydrogens (tertiary/aromatic N) is 3. The molecule has 5 nitrogen and oxygen atoms in total. The van der Waals surface area contributed by atoms with Crippen LogP contribution >= 0.6 is 0 Å². The van der Waals surface area contributed by atoms with Crippen LogP contribution in [0.3, 0.4) is 0 Å². The smallest absolute Gasteiger partial charge is 0.180 e. The normalized spacial score (nSPS) is 11.0. The zero-order valence-corrected chi connectivity index (χ0v) is 11.9. The van der Waals surface area contributed by atoms with Crippen LogP contribution in [0.2, 0.25) is 0 Å². The van der Waals surface area contributed by atoms with Crippen molar-refractivity contribution in [2.24, 2.45) is 0 Å². The van der Waals surface area contributed by atoms with Gasteiger partial charge in [-0.05, 0) is 17.0 Å². The molecule has 2 N–H and O–H groups in total. The quantitative estimate of drug-likeness (QED) is 0.794. The summed E-state index contributed by atoms with van der Waals surface area (Å²) in [6.07, 6.45) is 4.83. The van der Waals surface area contributed by atoms with Crippen molar-refractivity contribution in [1.29, 1.82) is 0 Å². The highest BCUT2D eigenvalue weighted by molar-refractivity contribution is 5.86. The van der Waals surface area contributed by atoms with Crippen molar-refractivity contribution in [3.63, 3.8) is 0 Å². The first kappa shape index (κ1) is 13.3. The van der Waals surface area contributed by atoms with Gasteiger partial charge in [0.2, 0.25) is 0 Å². The largest absolute Gasteiger partial charge is 0.380 e. The van der Waals surface area contributed by atoms with Crippen molar-refractivity contribution < 1.29 is 4.52 Å². The molecule has 3 aromatic rings. The molecule has 5 heteroatoms. The summed E-state index contributed by atoms with van der Waals surface area (Å²) in [5.74, 6) is 1.44. The first-order valence-electron chi connectivity index (χ1n) is 6.77. The summed E-state index contributed by atoms with van der Waals surface area (Å²) in [5.41, 5.74) is 9.74. The van der Waals surface area contributed by atoms with Crippen LogP contribution in [0.4, 0.5) is 5.82 Å². The summed E-state index contributed by atoms with van der Waals surface area (Å²) < 4.78 is 5.36. The predicted molar refractivity (Wildman–Crippen MR) is 81.5 cm³/mol. The van der Waals surface area contributed by atoms with E-state index in [-0.39, 0.29) is 0 Å². The molecule has 0 spiro atoms. The van der Waals surface area contributed by atoms with Crippen molar-refractivity contribution in [3.05, 3.63) is 48.5 Å². The molecule has 0 aliphatic rings. The van der Waals surface area contributed by atoms with Gasteiger partial charge in [0.15, 0.2) is 11.6 Å². The van der Waals surface area contributed by atoms with Gasteiger partial charge in [-0.25, -0.2) is 9.97 Å². The molecule has 0 saturated heterocycles. The van der Waals surface area contributed by atoms with E-state index in [1.165, 1.54) is 11.9 Å². The Balaban J connectivity index is 2.08. The summed E-state index contributed by atoms with van der Waals surface area (Å²) in [4.78, 5) is 8.01. The van der Waals surface area contributed by atoms with Crippen LogP contribution in [0, 0.1) is 0 Å². The minimum absolute atomic E-state index is 0.367. The fourth-order valence-corrected chi connectivity index (χ4v) is 2.23. The van der Waals surface area contributed by atoms with Crippen molar-refractivity contribution in [2.75, 3.05) is 5.73 Å². The number of hydrogen-bond donors (Lipinski definition) is 1. The average Bonchev–Trinajstić information content (AvgIpc) is 2.90. The highest BCUT2D eigenvalue weighted by Gasteiger charge is 2.18. The second-order valence-corrected chi connectivity index (χ2v) is 5.18. The Kier molecular flexibility index (Phi) is 3.39. The van der Waals surface area contributed by atoms with Gasteiger partial charge < -0.3 is 10.3 Å². The highest BCUT2D eigenvalue weighted by Crippen LogP contribution is 2.36. The molecule has 0 amide bonds. The minimum Gasteiger partial charge on any atom is -0.380 e. The van der Waals surface area contributed by atoms with Gasteiger partial charge in [-0.3, -0.25) is 0 Å². The topological polar surface area (TPSA) is 77.8 Å². The van der Waals surface area contributed by atoms with E-state index in [1.54, 1.807) is 12.4 Å². The Morgan fingerprint density at radius 1 is 1.00 bits per heavy atom. The molecule has 0 atom stereocenters. The molecule has 0 unspecified atom stereocenters. The van der Waals surface area contributed by atoms with Crippen molar-refractivity contribution in [2.45, 2.75) is 19.8 Å². The summed E-state index contributed by atoms with van der Waals surface area (Å²) >= 11 is 0. The Hall–Kier alpha value is -2.69. The first-order valence-corrected chi connectivity index (χ1v) is 6.77. The van der Waals surface area contributed by atoms with E-state index in [9.17, 15) is 0 Å². The third-order valence-corrected chi connectivity index (χ3v) is 3.41. The fraction of sp³-hybridized carbons (Fsp3) is 0.188. The lowest BCUT2D eigenvalue weighted by atomic mass is 9.98. The molecular formula is C16H16N4O. The molecular weight excluding hydrogens is 264 g/mol. The summed E-state index contributed by atoms with van der Waals surface area (Å²) in [7, 11) is 0. The molecule has 2 aromatic heterocycles. The summed E-state index contributed by atoms with van der Waals surface area (Å²) in [6.45, 7) is 4.32. The minimum atomic E-state index is 0.367. The van der Waals surface area contributed by atoms with Crippen LogP contribution in [0.1, 0.15) is 25.3 Å². The van der Waals surface area contributed by atoms with Crippen LogP contribution in [-0.2, 0) is 0 Å². The van der Waals surface area contributed by atoms with Crippen molar-refractivity contribution in [1.82, 2.24) is 15.1 Å². The molecule has 0 radical (unpaired) electrons. The maximum Gasteiger partial charge on any atom is 0.180 e. The van der Waals surface area contributed by atoms with Gasteiger partial charge in [0.25, 0.3) is 0 Å². The zero-order chi connectivity index (χ0) is 14.8. The lowest BCUT2D eigenvalue weighted by Gasteiger charge is -2.07. The SMILES string of the molecule is CC(C)c1ccc(-c2c(N)noc2-c2cncnc2)cc1. The second-order valence-electron chi connectivity index (χ2n) is 5.18. The molecule has 0 saturated carbocycles. The highest BCUT2D eigenvalue weighted by atomic mass is 16.5. The summed E-state index contributed by atoms with van der Waals surface area (Å²) in [6, 6.07) is 8.26. The number of rotatable bonds is 3. The van der Waals surface area contributed by atoms with Crippen LogP contribution in [0.15, 0.2) is 47.5 Å². The van der Waals surface area contributed by atoms with Gasteiger partial charge in [-0.15, -0.1) is 0 Å². The third-order valence-electron chi connectivity index (χ3n) is 3.41. The third kappa shape index (κ3) is 2.50. The standard InChI is InChI=1S/C16H16N4O/c1-10(2)11-3-5-12(6-4-11)14-15(21-20-16(14)17)13-7-18-9-19-8-13/h3-10H,1-2H3,(H2,17,20). The maximum atomic E-state index is 5.96. The molecule has 1 aromatic carbocycles. The Bertz CT molecular complexity index is 733. The van der Waals surface area contributed by atoms with E-state index < -0.39 is 0 Å². The van der Waals surface area contributed by atoms with Crippen LogP contribution in [0.5, 0.6) is 0 Å². The van der Waals surface area contributed by atoms with E-state index in [4.69, 9.17) is 10.3 Å². The monoisotopic (exact) mass is 280 g/mol. The number of nitrogen functional groups attached to an aromatic ring is 1. The van der Waals surface area contributed by atoms with Gasteiger partial charge in [0, 0.05) is 12.4 Å². The number of aromatic nitrogens is 3. The molecule has 21 heavy (non-hydrogen) atoms. The van der Waals surface area contributed by atoms with E-state index in [1.807, 2.05) is 12.1 Å². The number of benzene rings is 1. The Morgan fingerprint density at radius 3 is 2.29 bits per heavy atom. The number of hydrogen-bond acceptors (Lipinski definition) is 5. The van der Waals surface area contributed by atoms with Crippen LogP contribution in [-0.4, -0.2) is 15.1 Å². The van der Waals surface area contributed by atoms with E-state index in [2.05, 4.69) is 41.1 Å². The molecule has 0 bridgehead atoms. The lowest BCUT2D eigenvalue weighted by Crippen LogP contribution is -1.91. The van der Waals surface area contributed by atoms with Gasteiger partial charge in [-0.1, -0.05) is 43.3 Å². The van der Waals surface area contributed by atoms with Gasteiger partial charge >= 0.3 is 0 Å². The second kappa shape index (κ2) is 5.36. The Labute approximate surface area is 122 Å². The van der Waals surface area contributed by atoms with Crippen molar-refractivity contribution in [3.8, 4) is 22.5 Å². The Morgan fingerprint density at radius 2 is 1.67 bits per heavy atom. The molecule has 0 aliphatic heterocycles. The van der Waals surface area contributed by atoms with Crippen molar-refractivity contribution >= 4 is 5.82 Å². The molecule has 2 heterocycles. The number of anilines is 1. The average molecular weight is 280 g/mol. The summed E-state index contributed by atoms with van der Waals surface area (Å²) in [5, 5.41) is 3.87. The molecule has 3 rings (SSSR count). The molecule has 106 valence electrons. The van der Waals surface area contributed by atoms with Gasteiger partial charge in [0.1, 0.15) is 6.33 Å². The van der Waals surface area contributed by atoms with Gasteiger partial charge in [-0.2, -0.15) is 0 Å². The van der Waals surface area contributed by atoms with Crippen LogP contribution < -0.4 is 5.73 Å². The first-order chi connectivity index (χ1) is 10.2. The van der Waals surface area contributed by atoms with E-state index in [0.29, 0.717) is 17.5 Å². The van der Waals surface area contributed by atoms with E-state index in [0.717, 1.165) is 16.7 Å².